The van der Waals surface area contributed by atoms with Crippen molar-refractivity contribution in [2.75, 3.05) is 38.7 Å². The van der Waals surface area contributed by atoms with Gasteiger partial charge in [-0.25, -0.2) is 8.42 Å². The molecule has 1 atom stereocenters. The first-order valence-electron chi connectivity index (χ1n) is 16.0. The second kappa shape index (κ2) is 12.8. The van der Waals surface area contributed by atoms with E-state index in [2.05, 4.69) is 33.7 Å². The molecule has 1 aliphatic carbocycles. The number of nitrogens with zero attached hydrogens (tertiary/aromatic N) is 3. The Bertz CT molecular complexity index is 2200. The molecule has 2 aliphatic heterocycles. The molecule has 1 saturated heterocycles. The van der Waals surface area contributed by atoms with E-state index in [4.69, 9.17) is 4.42 Å². The summed E-state index contributed by atoms with van der Waals surface area (Å²) in [7, 11) is 0.177. The van der Waals surface area contributed by atoms with Gasteiger partial charge in [0.1, 0.15) is 18.4 Å². The van der Waals surface area contributed by atoms with E-state index in [1.54, 1.807) is 12.1 Å². The Hall–Kier alpha value is -4.76. The van der Waals surface area contributed by atoms with Gasteiger partial charge in [0, 0.05) is 84.5 Å². The number of hydrogen-bond donors (Lipinski definition) is 1. The lowest BCUT2D eigenvalue weighted by Gasteiger charge is -2.31. The van der Waals surface area contributed by atoms with Crippen molar-refractivity contribution in [1.29, 1.82) is 0 Å². The summed E-state index contributed by atoms with van der Waals surface area (Å²) in [5.41, 5.74) is 5.92. The van der Waals surface area contributed by atoms with Crippen LogP contribution in [0, 0.1) is 5.92 Å². The van der Waals surface area contributed by atoms with Crippen LogP contribution in [0.4, 0.5) is 17.1 Å². The highest BCUT2D eigenvalue weighted by Gasteiger charge is 2.33. The molecule has 0 aromatic heterocycles. The molecule has 8 heteroatoms. The number of hydrogen-bond acceptors (Lipinski definition) is 5. The first-order chi connectivity index (χ1) is 22.8. The number of piperidine rings is 1. The summed E-state index contributed by atoms with van der Waals surface area (Å²) in [6.45, 7) is 0.717. The number of para-hydroxylation sites is 2. The number of rotatable bonds is 7. The van der Waals surface area contributed by atoms with Gasteiger partial charge < -0.3 is 14.4 Å². The van der Waals surface area contributed by atoms with Gasteiger partial charge in [-0.3, -0.25) is 0 Å². The zero-order chi connectivity index (χ0) is 32.5. The van der Waals surface area contributed by atoms with Gasteiger partial charge in [0.15, 0.2) is 0 Å². The summed E-state index contributed by atoms with van der Waals surface area (Å²) in [5.74, 6) is 0.584. The monoisotopic (exact) mass is 644 g/mol. The van der Waals surface area contributed by atoms with Gasteiger partial charge in [-0.15, -0.1) is 0 Å². The van der Waals surface area contributed by atoms with Crippen molar-refractivity contribution in [3.63, 3.8) is 0 Å². The van der Waals surface area contributed by atoms with Crippen LogP contribution in [-0.4, -0.2) is 51.6 Å². The van der Waals surface area contributed by atoms with Crippen LogP contribution in [-0.2, 0) is 10.0 Å². The molecule has 0 radical (unpaired) electrons. The summed E-state index contributed by atoms with van der Waals surface area (Å²) in [6, 6.07) is 39.7. The van der Waals surface area contributed by atoms with Gasteiger partial charge in [0.25, 0.3) is 0 Å². The zero-order valence-corrected chi connectivity index (χ0v) is 27.4. The van der Waals surface area contributed by atoms with Crippen LogP contribution in [0.25, 0.3) is 33.4 Å². The minimum absolute atomic E-state index is 0.0251. The lowest BCUT2D eigenvalue weighted by Crippen LogP contribution is -2.41. The molecule has 1 unspecified atom stereocenters. The van der Waals surface area contributed by atoms with Crippen LogP contribution < -0.4 is 14.8 Å². The third kappa shape index (κ3) is 5.84. The van der Waals surface area contributed by atoms with E-state index in [9.17, 15) is 13.5 Å². The van der Waals surface area contributed by atoms with Crippen LogP contribution in [0.5, 0.6) is 0 Å². The molecule has 1 fully saturated rings. The Kier molecular flexibility index (Phi) is 8.40. The van der Waals surface area contributed by atoms with Gasteiger partial charge in [0.05, 0.1) is 11.0 Å². The smallest absolute Gasteiger partial charge is 0.243 e. The molecule has 47 heavy (non-hydrogen) atoms. The quantitative estimate of drug-likeness (QED) is 0.148. The first-order valence-corrected chi connectivity index (χ1v) is 17.4. The van der Waals surface area contributed by atoms with Crippen LogP contribution in [0.3, 0.4) is 0 Å². The molecule has 2 heterocycles. The van der Waals surface area contributed by atoms with Crippen LogP contribution in [0.2, 0.25) is 0 Å². The van der Waals surface area contributed by atoms with Crippen molar-refractivity contribution < 1.29 is 17.9 Å². The molecular weight excluding hydrogens is 607 g/mol. The lowest BCUT2D eigenvalue weighted by atomic mass is 9.93. The highest BCUT2D eigenvalue weighted by Crippen LogP contribution is 2.44. The SMILES string of the molecule is CN(c1ccccc1)c1ccc2c(-c3ccccc3S(=O)(=O)N3CCCC(CO)C3)c3ccc(=[N+](C)c4ccccc4)cc-3oc2c1. The Labute approximate surface area is 275 Å². The van der Waals surface area contributed by atoms with Crippen molar-refractivity contribution in [1.82, 2.24) is 8.88 Å². The van der Waals surface area contributed by atoms with E-state index in [1.165, 1.54) is 4.31 Å². The predicted molar refractivity (Wildman–Crippen MR) is 189 cm³/mol. The number of fused-ring (bicyclic) bond motifs is 2. The summed E-state index contributed by atoms with van der Waals surface area (Å²) in [4.78, 5) is 2.36. The van der Waals surface area contributed by atoms with Gasteiger partial charge in [0.2, 0.25) is 21.1 Å². The van der Waals surface area contributed by atoms with Gasteiger partial charge in [-0.05, 0) is 55.2 Å². The van der Waals surface area contributed by atoms with E-state index < -0.39 is 10.0 Å². The minimum Gasteiger partial charge on any atom is -0.456 e. The maximum absolute atomic E-state index is 14.3. The number of benzene rings is 5. The van der Waals surface area contributed by atoms with Gasteiger partial charge in [-0.2, -0.15) is 8.88 Å². The average molecular weight is 645 g/mol. The fraction of sp³-hybridized carbons (Fsp3) is 0.205. The number of aliphatic hydroxyl groups excluding tert-OH is 1. The topological polar surface area (TPSA) is 77.0 Å². The van der Waals surface area contributed by atoms with Gasteiger partial charge >= 0.3 is 0 Å². The third-order valence-corrected chi connectivity index (χ3v) is 11.2. The van der Waals surface area contributed by atoms with E-state index >= 15 is 0 Å². The third-order valence-electron chi connectivity index (χ3n) is 9.26. The molecule has 238 valence electrons. The summed E-state index contributed by atoms with van der Waals surface area (Å²) in [6.07, 6.45) is 1.54. The molecule has 3 aliphatic rings. The number of aliphatic hydroxyl groups is 1. The Morgan fingerprint density at radius 2 is 1.57 bits per heavy atom. The highest BCUT2D eigenvalue weighted by molar-refractivity contribution is 7.89. The van der Waals surface area contributed by atoms with Crippen molar-refractivity contribution in [2.45, 2.75) is 17.7 Å². The summed E-state index contributed by atoms with van der Waals surface area (Å²) >= 11 is 0. The molecule has 0 spiro atoms. The zero-order valence-electron chi connectivity index (χ0n) is 26.6. The Morgan fingerprint density at radius 1 is 0.851 bits per heavy atom. The van der Waals surface area contributed by atoms with Crippen LogP contribution in [0.1, 0.15) is 12.8 Å². The predicted octanol–water partition coefficient (Wildman–Crippen LogP) is 7.10. The highest BCUT2D eigenvalue weighted by atomic mass is 32.2. The molecule has 1 N–H and O–H groups in total. The van der Waals surface area contributed by atoms with Crippen molar-refractivity contribution in [2.24, 2.45) is 5.92 Å². The molecular formula is C39H38N3O4S+. The molecule has 0 saturated carbocycles. The number of sulfonamides is 1. The standard InChI is InChI=1S/C39H38N3O4S/c1-40(29-13-5-3-6-14-29)31-19-21-33-36(24-31)46-37-25-32(41(2)30-15-7-4-8-16-30)20-22-34(37)39(33)35-17-9-10-18-38(35)47(44,45)42-23-11-12-28(26-42)27-43/h3-10,13-22,24-25,28,43H,11-12,23,26-27H2,1-2H3/q+1. The molecule has 0 bridgehead atoms. The summed E-state index contributed by atoms with van der Waals surface area (Å²) in [5, 5.41) is 11.6. The molecule has 7 nitrogen and oxygen atoms in total. The van der Waals surface area contributed by atoms with Crippen molar-refractivity contribution >= 4 is 38.1 Å². The Balaban J connectivity index is 1.47. The van der Waals surface area contributed by atoms with E-state index in [0.29, 0.717) is 30.0 Å². The number of anilines is 2. The second-order valence-electron chi connectivity index (χ2n) is 12.2. The molecule has 0 amide bonds. The fourth-order valence-electron chi connectivity index (χ4n) is 6.61. The van der Waals surface area contributed by atoms with E-state index in [1.807, 2.05) is 99.0 Å². The minimum atomic E-state index is -3.86. The maximum Gasteiger partial charge on any atom is 0.243 e. The van der Waals surface area contributed by atoms with Crippen LogP contribution in [0.15, 0.2) is 131 Å². The first kappa shape index (κ1) is 30.9. The Morgan fingerprint density at radius 3 is 2.34 bits per heavy atom. The maximum atomic E-state index is 14.3. The fourth-order valence-corrected chi connectivity index (χ4v) is 8.36. The average Bonchev–Trinajstić information content (AvgIpc) is 3.13. The van der Waals surface area contributed by atoms with Crippen molar-refractivity contribution in [3.8, 4) is 22.5 Å². The van der Waals surface area contributed by atoms with E-state index in [-0.39, 0.29) is 17.4 Å². The van der Waals surface area contributed by atoms with Gasteiger partial charge in [-0.1, -0.05) is 54.6 Å². The van der Waals surface area contributed by atoms with E-state index in [0.717, 1.165) is 51.8 Å². The van der Waals surface area contributed by atoms with Crippen LogP contribution >= 0.6 is 0 Å². The largest absolute Gasteiger partial charge is 0.456 e. The molecule has 4 aromatic rings. The normalized spacial score (nSPS) is 16.4. The molecule has 7 rings (SSSR count). The second-order valence-corrected chi connectivity index (χ2v) is 14.1. The molecule has 4 aromatic carbocycles. The summed E-state index contributed by atoms with van der Waals surface area (Å²) < 4.78 is 39.0. The van der Waals surface area contributed by atoms with Crippen molar-refractivity contribution in [3.05, 3.63) is 127 Å². The lowest BCUT2D eigenvalue weighted by molar-refractivity contribution is 0.165.